The number of esters is 1. The van der Waals surface area contributed by atoms with Crippen LogP contribution in [0.2, 0.25) is 0 Å². The fourth-order valence-corrected chi connectivity index (χ4v) is 3.18. The molecule has 1 atom stereocenters. The van der Waals surface area contributed by atoms with Gasteiger partial charge in [-0.15, -0.1) is 0 Å². The van der Waals surface area contributed by atoms with Crippen molar-refractivity contribution in [1.82, 2.24) is 0 Å². The predicted octanol–water partition coefficient (Wildman–Crippen LogP) is 5.73. The number of carbonyl (C=O) groups excluding carboxylic acids is 1. The summed E-state index contributed by atoms with van der Waals surface area (Å²) in [5, 5.41) is 0. The molecule has 1 rings (SSSR count). The topological polar surface area (TPSA) is 52.3 Å². The van der Waals surface area contributed by atoms with Gasteiger partial charge in [0.25, 0.3) is 0 Å². The van der Waals surface area contributed by atoms with Gasteiger partial charge >= 0.3 is 12.1 Å². The van der Waals surface area contributed by atoms with Crippen LogP contribution in [0.3, 0.4) is 0 Å². The van der Waals surface area contributed by atoms with Gasteiger partial charge in [0.15, 0.2) is 0 Å². The normalized spacial score (nSPS) is 14.6. The summed E-state index contributed by atoms with van der Waals surface area (Å²) in [6, 6.07) is 7.28. The van der Waals surface area contributed by atoms with E-state index in [0.717, 1.165) is 37.7 Å². The summed E-state index contributed by atoms with van der Waals surface area (Å²) in [4.78, 5) is 12.6. The number of rotatable bonds is 10. The molecular weight excluding hydrogens is 367 g/mol. The van der Waals surface area contributed by atoms with Gasteiger partial charge < -0.3 is 10.5 Å². The van der Waals surface area contributed by atoms with E-state index in [-0.39, 0.29) is 6.42 Å². The van der Waals surface area contributed by atoms with Crippen LogP contribution < -0.4 is 5.73 Å². The van der Waals surface area contributed by atoms with Crippen LogP contribution in [0.1, 0.15) is 77.3 Å². The van der Waals surface area contributed by atoms with E-state index in [4.69, 9.17) is 10.5 Å². The predicted molar refractivity (Wildman–Crippen MR) is 106 cm³/mol. The van der Waals surface area contributed by atoms with Crippen LogP contribution in [0.15, 0.2) is 24.3 Å². The van der Waals surface area contributed by atoms with Gasteiger partial charge in [-0.05, 0) is 44.7 Å². The molecule has 0 spiro atoms. The molecule has 0 saturated heterocycles. The molecule has 0 saturated carbocycles. The number of hydrogen-bond acceptors (Lipinski definition) is 3. The Hall–Kier alpha value is -1.56. The van der Waals surface area contributed by atoms with Gasteiger partial charge in [0.05, 0.1) is 6.42 Å². The lowest BCUT2D eigenvalue weighted by Crippen LogP contribution is -2.55. The zero-order valence-electron chi connectivity index (χ0n) is 17.5. The molecule has 0 aliphatic carbocycles. The van der Waals surface area contributed by atoms with E-state index in [1.54, 1.807) is 32.9 Å². The van der Waals surface area contributed by atoms with E-state index in [0.29, 0.717) is 5.56 Å². The van der Waals surface area contributed by atoms with Crippen LogP contribution in [0.5, 0.6) is 0 Å². The largest absolute Gasteiger partial charge is 0.459 e. The monoisotopic (exact) mass is 401 g/mol. The van der Waals surface area contributed by atoms with Crippen LogP contribution in [0.4, 0.5) is 13.2 Å². The van der Waals surface area contributed by atoms with E-state index in [9.17, 15) is 18.0 Å². The smallest absolute Gasteiger partial charge is 0.391 e. The van der Waals surface area contributed by atoms with Crippen molar-refractivity contribution in [2.24, 2.45) is 5.73 Å². The molecule has 0 aromatic heterocycles. The Kier molecular flexibility index (Phi) is 8.99. The number of unbranched alkanes of at least 4 members (excludes halogenated alkanes) is 4. The first-order valence-corrected chi connectivity index (χ1v) is 10.0. The molecule has 0 bridgehead atoms. The Morgan fingerprint density at radius 1 is 1.00 bits per heavy atom. The molecule has 0 aliphatic rings. The number of hydrogen-bond donors (Lipinski definition) is 1. The number of carbonyl (C=O) groups is 1. The standard InChI is InChI=1S/C22H34F3NO2/c1-5-6-7-8-9-12-17-13-10-11-14-18(17)15-21(26,16-22(23,24)25)19(27)28-20(2,3)4/h10-11,13-14H,5-9,12,15-16,26H2,1-4H3/t21-/m1/s1. The minimum atomic E-state index is -4.57. The highest BCUT2D eigenvalue weighted by Crippen LogP contribution is 2.31. The molecule has 160 valence electrons. The highest BCUT2D eigenvalue weighted by atomic mass is 19.4. The van der Waals surface area contributed by atoms with Crippen molar-refractivity contribution in [2.45, 2.75) is 96.4 Å². The molecule has 6 heteroatoms. The van der Waals surface area contributed by atoms with Gasteiger partial charge in [0.1, 0.15) is 11.1 Å². The summed E-state index contributed by atoms with van der Waals surface area (Å²) in [6.07, 6.45) is 0.0804. The fourth-order valence-electron chi connectivity index (χ4n) is 3.18. The highest BCUT2D eigenvalue weighted by molar-refractivity contribution is 5.81. The Balaban J connectivity index is 3.00. The third kappa shape index (κ3) is 9.09. The van der Waals surface area contributed by atoms with E-state index in [1.165, 1.54) is 6.42 Å². The molecule has 0 radical (unpaired) electrons. The summed E-state index contributed by atoms with van der Waals surface area (Å²) in [5.74, 6) is -1.02. The number of ether oxygens (including phenoxy) is 1. The first-order valence-electron chi connectivity index (χ1n) is 10.0. The lowest BCUT2D eigenvalue weighted by molar-refractivity contribution is -0.179. The zero-order chi connectivity index (χ0) is 21.4. The maximum Gasteiger partial charge on any atom is 0.391 e. The molecule has 0 aliphatic heterocycles. The number of alkyl halides is 3. The van der Waals surface area contributed by atoms with Crippen molar-refractivity contribution < 1.29 is 22.7 Å². The summed E-state index contributed by atoms with van der Waals surface area (Å²) < 4.78 is 44.8. The lowest BCUT2D eigenvalue weighted by atomic mass is 9.85. The van der Waals surface area contributed by atoms with Gasteiger partial charge in [-0.3, -0.25) is 4.79 Å². The maximum absolute atomic E-state index is 13.2. The van der Waals surface area contributed by atoms with E-state index in [2.05, 4.69) is 6.92 Å². The van der Waals surface area contributed by atoms with Crippen molar-refractivity contribution in [1.29, 1.82) is 0 Å². The van der Waals surface area contributed by atoms with Crippen LogP contribution in [-0.4, -0.2) is 23.3 Å². The van der Waals surface area contributed by atoms with Crippen molar-refractivity contribution in [3.63, 3.8) is 0 Å². The van der Waals surface area contributed by atoms with Crippen LogP contribution in [-0.2, 0) is 22.4 Å². The molecule has 28 heavy (non-hydrogen) atoms. The molecule has 2 N–H and O–H groups in total. The quantitative estimate of drug-likeness (QED) is 0.402. The van der Waals surface area contributed by atoms with Gasteiger partial charge in [-0.2, -0.15) is 13.2 Å². The summed E-state index contributed by atoms with van der Waals surface area (Å²) >= 11 is 0. The van der Waals surface area contributed by atoms with Crippen molar-refractivity contribution in [3.8, 4) is 0 Å². The summed E-state index contributed by atoms with van der Waals surface area (Å²) in [6.45, 7) is 6.99. The third-order valence-corrected chi connectivity index (χ3v) is 4.50. The number of nitrogens with two attached hydrogens (primary N) is 1. The molecule has 3 nitrogen and oxygen atoms in total. The number of aryl methyl sites for hydroxylation is 1. The molecule has 0 amide bonds. The van der Waals surface area contributed by atoms with E-state index in [1.807, 2.05) is 12.1 Å². The highest BCUT2D eigenvalue weighted by Gasteiger charge is 2.47. The Labute approximate surface area is 166 Å². The maximum atomic E-state index is 13.2. The van der Waals surface area contributed by atoms with Gasteiger partial charge in [0, 0.05) is 6.42 Å². The number of halogens is 3. The Morgan fingerprint density at radius 3 is 2.11 bits per heavy atom. The van der Waals surface area contributed by atoms with Gasteiger partial charge in [-0.25, -0.2) is 0 Å². The average molecular weight is 402 g/mol. The molecule has 1 aromatic carbocycles. The van der Waals surface area contributed by atoms with E-state index < -0.39 is 29.7 Å². The van der Waals surface area contributed by atoms with Crippen LogP contribution in [0, 0.1) is 0 Å². The fraction of sp³-hybridized carbons (Fsp3) is 0.682. The van der Waals surface area contributed by atoms with Crippen LogP contribution >= 0.6 is 0 Å². The zero-order valence-corrected chi connectivity index (χ0v) is 17.5. The molecule has 0 fully saturated rings. The first kappa shape index (κ1) is 24.5. The summed E-state index contributed by atoms with van der Waals surface area (Å²) in [7, 11) is 0. The molecule has 0 heterocycles. The third-order valence-electron chi connectivity index (χ3n) is 4.50. The van der Waals surface area contributed by atoms with Crippen molar-refractivity contribution in [2.75, 3.05) is 0 Å². The second kappa shape index (κ2) is 10.3. The van der Waals surface area contributed by atoms with Crippen LogP contribution in [0.25, 0.3) is 0 Å². The second-order valence-corrected chi connectivity index (χ2v) is 8.56. The average Bonchev–Trinajstić information content (AvgIpc) is 2.53. The molecule has 1 aromatic rings. The molecular formula is C22H34F3NO2. The lowest BCUT2D eigenvalue weighted by Gasteiger charge is -2.32. The minimum absolute atomic E-state index is 0.202. The van der Waals surface area contributed by atoms with E-state index >= 15 is 0 Å². The Morgan fingerprint density at radius 2 is 1.57 bits per heavy atom. The van der Waals surface area contributed by atoms with Gasteiger partial charge in [-0.1, -0.05) is 56.9 Å². The van der Waals surface area contributed by atoms with Crippen molar-refractivity contribution in [3.05, 3.63) is 35.4 Å². The minimum Gasteiger partial charge on any atom is -0.459 e. The second-order valence-electron chi connectivity index (χ2n) is 8.56. The van der Waals surface area contributed by atoms with Crippen molar-refractivity contribution >= 4 is 5.97 Å². The first-order chi connectivity index (χ1) is 12.9. The summed E-state index contributed by atoms with van der Waals surface area (Å²) in [5.41, 5.74) is 4.60. The molecule has 0 unspecified atom stereocenters. The Bertz CT molecular complexity index is 623. The van der Waals surface area contributed by atoms with Gasteiger partial charge in [0.2, 0.25) is 0 Å². The SMILES string of the molecule is CCCCCCCc1ccccc1C[C@@](N)(CC(F)(F)F)C(=O)OC(C)(C)C. The number of benzene rings is 1.